The van der Waals surface area contributed by atoms with E-state index in [1.165, 1.54) is 4.90 Å². The normalized spacial score (nSPS) is 26.1. The fraction of sp³-hybridized carbons (Fsp3) is 0.450. The van der Waals surface area contributed by atoms with Gasteiger partial charge in [-0.15, -0.1) is 0 Å². The molecule has 142 valence electrons. The number of hydrogen-bond acceptors (Lipinski definition) is 5. The smallest absolute Gasteiger partial charge is 0.233 e. The number of ether oxygens (including phenoxy) is 2. The second-order valence-electron chi connectivity index (χ2n) is 7.04. The molecule has 0 saturated carbocycles. The molecule has 0 aromatic heterocycles. The van der Waals surface area contributed by atoms with Crippen molar-refractivity contribution in [3.05, 3.63) is 36.4 Å². The number of hydrogen-bond donors (Lipinski definition) is 1. The SMILES string of the molecule is O=C(CCN1C(=O)[C@H]2CC=CC[C@@H]2C1=O)NC[C@@H]1COc2ccccc2O1. The summed E-state index contributed by atoms with van der Waals surface area (Å²) in [5, 5.41) is 2.79. The summed E-state index contributed by atoms with van der Waals surface area (Å²) in [7, 11) is 0. The van der Waals surface area contributed by atoms with Crippen LogP contribution in [0.15, 0.2) is 36.4 Å². The molecule has 1 aromatic rings. The van der Waals surface area contributed by atoms with E-state index in [-0.39, 0.29) is 48.6 Å². The van der Waals surface area contributed by atoms with E-state index in [1.807, 2.05) is 36.4 Å². The average molecular weight is 370 g/mol. The van der Waals surface area contributed by atoms with Gasteiger partial charge in [-0.1, -0.05) is 24.3 Å². The van der Waals surface area contributed by atoms with Crippen LogP contribution in [0.1, 0.15) is 19.3 Å². The Hall–Kier alpha value is -2.83. The Balaban J connectivity index is 1.24. The predicted molar refractivity (Wildman–Crippen MR) is 96.1 cm³/mol. The molecule has 1 aliphatic carbocycles. The summed E-state index contributed by atoms with van der Waals surface area (Å²) in [6, 6.07) is 7.39. The predicted octanol–water partition coefficient (Wildman–Crippen LogP) is 1.28. The van der Waals surface area contributed by atoms with Crippen LogP contribution in [0.4, 0.5) is 0 Å². The summed E-state index contributed by atoms with van der Waals surface area (Å²) in [5.41, 5.74) is 0. The van der Waals surface area contributed by atoms with Crippen molar-refractivity contribution in [3.63, 3.8) is 0 Å². The van der Waals surface area contributed by atoms with Crippen molar-refractivity contribution in [2.75, 3.05) is 19.7 Å². The van der Waals surface area contributed by atoms with Crippen LogP contribution >= 0.6 is 0 Å². The van der Waals surface area contributed by atoms with Crippen molar-refractivity contribution in [2.24, 2.45) is 11.8 Å². The van der Waals surface area contributed by atoms with Crippen molar-refractivity contribution in [1.82, 2.24) is 10.2 Å². The van der Waals surface area contributed by atoms with E-state index in [0.717, 1.165) is 0 Å². The lowest BCUT2D eigenvalue weighted by atomic mass is 9.85. The van der Waals surface area contributed by atoms with Gasteiger partial charge < -0.3 is 14.8 Å². The summed E-state index contributed by atoms with van der Waals surface area (Å²) in [6.45, 7) is 0.794. The summed E-state index contributed by atoms with van der Waals surface area (Å²) in [5.74, 6) is 0.336. The molecule has 4 rings (SSSR count). The number of carbonyl (C=O) groups excluding carboxylic acids is 3. The van der Waals surface area contributed by atoms with E-state index in [0.29, 0.717) is 37.5 Å². The van der Waals surface area contributed by atoms with Crippen LogP contribution in [0.3, 0.4) is 0 Å². The van der Waals surface area contributed by atoms with Crippen LogP contribution in [0.5, 0.6) is 11.5 Å². The van der Waals surface area contributed by atoms with Crippen LogP contribution in [0.25, 0.3) is 0 Å². The topological polar surface area (TPSA) is 84.9 Å². The number of allylic oxidation sites excluding steroid dienone is 2. The molecule has 3 atom stereocenters. The van der Waals surface area contributed by atoms with Gasteiger partial charge in [0.15, 0.2) is 11.5 Å². The lowest BCUT2D eigenvalue weighted by Crippen LogP contribution is -2.42. The Kier molecular flexibility index (Phi) is 4.83. The van der Waals surface area contributed by atoms with Crippen molar-refractivity contribution in [3.8, 4) is 11.5 Å². The molecule has 0 radical (unpaired) electrons. The molecule has 1 N–H and O–H groups in total. The third-order valence-corrected chi connectivity index (χ3v) is 5.26. The maximum atomic E-state index is 12.4. The highest BCUT2D eigenvalue weighted by Crippen LogP contribution is 2.35. The first kappa shape index (κ1) is 17.6. The molecule has 0 spiro atoms. The Morgan fingerprint density at radius 2 is 1.74 bits per heavy atom. The fourth-order valence-corrected chi connectivity index (χ4v) is 3.78. The van der Waals surface area contributed by atoms with Crippen molar-refractivity contribution in [2.45, 2.75) is 25.4 Å². The first-order chi connectivity index (χ1) is 13.1. The molecule has 0 bridgehead atoms. The maximum absolute atomic E-state index is 12.4. The highest BCUT2D eigenvalue weighted by Gasteiger charge is 2.46. The Morgan fingerprint density at radius 1 is 1.07 bits per heavy atom. The Morgan fingerprint density at radius 3 is 2.44 bits per heavy atom. The van der Waals surface area contributed by atoms with Gasteiger partial charge in [-0.05, 0) is 25.0 Å². The van der Waals surface area contributed by atoms with Crippen LogP contribution in [-0.4, -0.2) is 48.4 Å². The zero-order valence-corrected chi connectivity index (χ0v) is 14.9. The number of para-hydroxylation sites is 2. The molecule has 27 heavy (non-hydrogen) atoms. The molecule has 1 fully saturated rings. The number of carbonyl (C=O) groups is 3. The first-order valence-corrected chi connectivity index (χ1v) is 9.29. The summed E-state index contributed by atoms with van der Waals surface area (Å²) in [6.07, 6.45) is 4.94. The zero-order chi connectivity index (χ0) is 18.8. The van der Waals surface area contributed by atoms with Crippen molar-refractivity contribution >= 4 is 17.7 Å². The molecule has 2 aliphatic heterocycles. The number of nitrogens with zero attached hydrogens (tertiary/aromatic N) is 1. The van der Waals surface area contributed by atoms with Crippen LogP contribution in [0, 0.1) is 11.8 Å². The molecule has 7 heteroatoms. The third-order valence-electron chi connectivity index (χ3n) is 5.26. The Bertz CT molecular complexity index is 764. The molecule has 1 aromatic carbocycles. The van der Waals surface area contributed by atoms with Gasteiger partial charge in [0, 0.05) is 13.0 Å². The minimum absolute atomic E-state index is 0.0918. The second kappa shape index (κ2) is 7.42. The number of nitrogens with one attached hydrogen (secondary N) is 1. The van der Waals surface area contributed by atoms with Crippen LogP contribution in [0.2, 0.25) is 0 Å². The largest absolute Gasteiger partial charge is 0.486 e. The second-order valence-corrected chi connectivity index (χ2v) is 7.04. The quantitative estimate of drug-likeness (QED) is 0.624. The summed E-state index contributed by atoms with van der Waals surface area (Å²) in [4.78, 5) is 38.2. The number of fused-ring (bicyclic) bond motifs is 2. The van der Waals surface area contributed by atoms with Crippen LogP contribution < -0.4 is 14.8 Å². The van der Waals surface area contributed by atoms with Gasteiger partial charge in [-0.25, -0.2) is 0 Å². The van der Waals surface area contributed by atoms with E-state index >= 15 is 0 Å². The highest BCUT2D eigenvalue weighted by atomic mass is 16.6. The van der Waals surface area contributed by atoms with Crippen molar-refractivity contribution in [1.29, 1.82) is 0 Å². The number of benzene rings is 1. The van der Waals surface area contributed by atoms with Gasteiger partial charge in [0.05, 0.1) is 18.4 Å². The van der Waals surface area contributed by atoms with Gasteiger partial charge in [0.1, 0.15) is 12.7 Å². The molecule has 7 nitrogen and oxygen atoms in total. The summed E-state index contributed by atoms with van der Waals surface area (Å²) >= 11 is 0. The van der Waals surface area contributed by atoms with Crippen molar-refractivity contribution < 1.29 is 23.9 Å². The third kappa shape index (κ3) is 3.54. The molecule has 2 heterocycles. The van der Waals surface area contributed by atoms with Gasteiger partial charge in [-0.3, -0.25) is 19.3 Å². The highest BCUT2D eigenvalue weighted by molar-refractivity contribution is 6.05. The monoisotopic (exact) mass is 370 g/mol. The summed E-state index contributed by atoms with van der Waals surface area (Å²) < 4.78 is 11.4. The van der Waals surface area contributed by atoms with E-state index < -0.39 is 0 Å². The average Bonchev–Trinajstić information content (AvgIpc) is 2.95. The van der Waals surface area contributed by atoms with E-state index in [1.54, 1.807) is 0 Å². The number of likely N-dealkylation sites (tertiary alicyclic amines) is 1. The molecule has 0 unspecified atom stereocenters. The number of rotatable bonds is 5. The maximum Gasteiger partial charge on any atom is 0.233 e. The van der Waals surface area contributed by atoms with Gasteiger partial charge in [0.25, 0.3) is 0 Å². The molecule has 3 aliphatic rings. The number of amides is 3. The number of imide groups is 1. The molecular formula is C20H22N2O5. The molecular weight excluding hydrogens is 348 g/mol. The van der Waals surface area contributed by atoms with E-state index in [2.05, 4.69) is 5.32 Å². The van der Waals surface area contributed by atoms with E-state index in [4.69, 9.17) is 9.47 Å². The Labute approximate surface area is 157 Å². The van der Waals surface area contributed by atoms with Gasteiger partial charge >= 0.3 is 0 Å². The lowest BCUT2D eigenvalue weighted by molar-refractivity contribution is -0.140. The van der Waals surface area contributed by atoms with E-state index in [9.17, 15) is 14.4 Å². The van der Waals surface area contributed by atoms with Gasteiger partial charge in [-0.2, -0.15) is 0 Å². The van der Waals surface area contributed by atoms with Gasteiger partial charge in [0.2, 0.25) is 17.7 Å². The first-order valence-electron chi connectivity index (χ1n) is 9.29. The minimum Gasteiger partial charge on any atom is -0.486 e. The van der Waals surface area contributed by atoms with Crippen LogP contribution in [-0.2, 0) is 14.4 Å². The molecule has 1 saturated heterocycles. The minimum atomic E-state index is -0.271. The standard InChI is InChI=1S/C20H22N2O5/c23-18(21-11-13-12-26-16-7-3-4-8-17(16)27-13)9-10-22-19(24)14-5-1-2-6-15(14)20(22)25/h1-4,7-8,13-15H,5-6,9-12H2,(H,21,23)/t13-,14+,15+/m1/s1. The zero-order valence-electron chi connectivity index (χ0n) is 14.9. The molecule has 3 amide bonds. The fourth-order valence-electron chi connectivity index (χ4n) is 3.78. The lowest BCUT2D eigenvalue weighted by Gasteiger charge is -2.26.